The Hall–Kier alpha value is -1.15. The van der Waals surface area contributed by atoms with Gasteiger partial charge in [-0.3, -0.25) is 0 Å². The van der Waals surface area contributed by atoms with Crippen molar-refractivity contribution < 1.29 is 9.53 Å². The highest BCUT2D eigenvalue weighted by atomic mass is 32.2. The van der Waals surface area contributed by atoms with Crippen molar-refractivity contribution >= 4 is 17.7 Å². The standard InChI is InChI=1S/C12H18N2O2S/c1-12(2,3)16-11(15)9(8-13)10-14(4)6-5-7-17-10/h5-7H2,1-4H3/b10-9+. The first-order valence-electron chi connectivity index (χ1n) is 5.57. The maximum absolute atomic E-state index is 11.9. The van der Waals surface area contributed by atoms with Gasteiger partial charge in [0.15, 0.2) is 5.57 Å². The second kappa shape index (κ2) is 5.46. The van der Waals surface area contributed by atoms with Gasteiger partial charge in [-0.25, -0.2) is 4.79 Å². The number of hydrogen-bond donors (Lipinski definition) is 0. The van der Waals surface area contributed by atoms with E-state index < -0.39 is 11.6 Å². The zero-order chi connectivity index (χ0) is 13.1. The van der Waals surface area contributed by atoms with Crippen LogP contribution in [0.5, 0.6) is 0 Å². The summed E-state index contributed by atoms with van der Waals surface area (Å²) >= 11 is 1.54. The maximum atomic E-state index is 11.9. The molecule has 1 rings (SSSR count). The fourth-order valence-electron chi connectivity index (χ4n) is 1.46. The van der Waals surface area contributed by atoms with E-state index in [-0.39, 0.29) is 5.57 Å². The number of carbonyl (C=O) groups is 1. The normalized spacial score (nSPS) is 19.6. The minimum atomic E-state index is -0.572. The second-order valence-corrected chi connectivity index (χ2v) is 6.00. The molecule has 5 heteroatoms. The van der Waals surface area contributed by atoms with E-state index in [1.54, 1.807) is 32.5 Å². The SMILES string of the molecule is CN1CCCS/C1=C(\C#N)C(=O)OC(C)(C)C. The van der Waals surface area contributed by atoms with E-state index in [1.165, 1.54) is 0 Å². The zero-order valence-electron chi connectivity index (χ0n) is 10.7. The van der Waals surface area contributed by atoms with Crippen LogP contribution >= 0.6 is 11.8 Å². The highest BCUT2D eigenvalue weighted by Gasteiger charge is 2.26. The number of thioether (sulfide) groups is 1. The first-order valence-corrected chi connectivity index (χ1v) is 6.55. The van der Waals surface area contributed by atoms with Crippen LogP contribution in [0.3, 0.4) is 0 Å². The Morgan fingerprint density at radius 1 is 1.53 bits per heavy atom. The lowest BCUT2D eigenvalue weighted by molar-refractivity contribution is -0.149. The average molecular weight is 254 g/mol. The van der Waals surface area contributed by atoms with Crippen molar-refractivity contribution in [1.29, 1.82) is 5.26 Å². The number of hydrogen-bond acceptors (Lipinski definition) is 5. The molecule has 0 radical (unpaired) electrons. The van der Waals surface area contributed by atoms with Gasteiger partial charge in [-0.05, 0) is 27.2 Å². The Morgan fingerprint density at radius 3 is 2.65 bits per heavy atom. The quantitative estimate of drug-likeness (QED) is 0.407. The third-order valence-corrected chi connectivity index (χ3v) is 3.43. The molecule has 0 N–H and O–H groups in total. The van der Waals surface area contributed by atoms with Gasteiger partial charge >= 0.3 is 5.97 Å². The summed E-state index contributed by atoms with van der Waals surface area (Å²) in [5, 5.41) is 9.84. The van der Waals surface area contributed by atoms with Crippen molar-refractivity contribution in [3.8, 4) is 6.07 Å². The summed E-state index contributed by atoms with van der Waals surface area (Å²) in [7, 11) is 1.89. The van der Waals surface area contributed by atoms with Crippen LogP contribution in [0.25, 0.3) is 0 Å². The molecule has 94 valence electrons. The van der Waals surface area contributed by atoms with Gasteiger partial charge in [0.1, 0.15) is 11.7 Å². The summed E-state index contributed by atoms with van der Waals surface area (Å²) in [6.07, 6.45) is 1.07. The molecule has 17 heavy (non-hydrogen) atoms. The van der Waals surface area contributed by atoms with Gasteiger partial charge < -0.3 is 9.64 Å². The third kappa shape index (κ3) is 3.97. The third-order valence-electron chi connectivity index (χ3n) is 2.15. The molecular weight excluding hydrogens is 236 g/mol. The molecule has 0 aliphatic carbocycles. The van der Waals surface area contributed by atoms with Crippen molar-refractivity contribution in [3.05, 3.63) is 10.6 Å². The summed E-state index contributed by atoms with van der Waals surface area (Å²) in [5.74, 6) is 0.407. The molecule has 0 unspecified atom stereocenters. The van der Waals surface area contributed by atoms with Crippen molar-refractivity contribution in [2.24, 2.45) is 0 Å². The molecular formula is C12H18N2O2S. The van der Waals surface area contributed by atoms with E-state index >= 15 is 0 Å². The molecule has 0 saturated carbocycles. The molecule has 0 atom stereocenters. The topological polar surface area (TPSA) is 53.3 Å². The Balaban J connectivity index is 2.94. The summed E-state index contributed by atoms with van der Waals surface area (Å²) in [6, 6.07) is 1.97. The highest BCUT2D eigenvalue weighted by Crippen LogP contribution is 2.29. The number of rotatable bonds is 1. The van der Waals surface area contributed by atoms with E-state index in [1.807, 2.05) is 18.0 Å². The van der Waals surface area contributed by atoms with Crippen molar-refractivity contribution in [1.82, 2.24) is 4.90 Å². The molecule has 0 amide bonds. The second-order valence-electron chi connectivity index (χ2n) is 4.92. The van der Waals surface area contributed by atoms with Crippen LogP contribution in [0.2, 0.25) is 0 Å². The Bertz CT molecular complexity index is 377. The van der Waals surface area contributed by atoms with Gasteiger partial charge in [0.2, 0.25) is 0 Å². The average Bonchev–Trinajstić information content (AvgIpc) is 2.19. The van der Waals surface area contributed by atoms with Crippen LogP contribution in [0.1, 0.15) is 27.2 Å². The lowest BCUT2D eigenvalue weighted by Gasteiger charge is -2.28. The molecule has 1 saturated heterocycles. The van der Waals surface area contributed by atoms with Crippen molar-refractivity contribution in [2.45, 2.75) is 32.8 Å². The van der Waals surface area contributed by atoms with Crippen LogP contribution < -0.4 is 0 Å². The lowest BCUT2D eigenvalue weighted by atomic mass is 10.2. The smallest absolute Gasteiger partial charge is 0.352 e. The lowest BCUT2D eigenvalue weighted by Crippen LogP contribution is -2.29. The minimum absolute atomic E-state index is 0.118. The molecule has 0 spiro atoms. The molecule has 1 aliphatic heterocycles. The van der Waals surface area contributed by atoms with Gasteiger partial charge in [0.25, 0.3) is 0 Å². The van der Waals surface area contributed by atoms with E-state index in [4.69, 9.17) is 10.00 Å². The number of carbonyl (C=O) groups excluding carboxylic acids is 1. The van der Waals surface area contributed by atoms with E-state index in [0.717, 1.165) is 23.7 Å². The van der Waals surface area contributed by atoms with Gasteiger partial charge in [-0.1, -0.05) is 0 Å². The molecule has 1 heterocycles. The summed E-state index contributed by atoms with van der Waals surface area (Å²) in [4.78, 5) is 13.8. The largest absolute Gasteiger partial charge is 0.456 e. The number of nitriles is 1. The molecule has 0 aromatic rings. The fourth-order valence-corrected chi connectivity index (χ4v) is 2.51. The maximum Gasteiger partial charge on any atom is 0.352 e. The van der Waals surface area contributed by atoms with Crippen LogP contribution in [-0.2, 0) is 9.53 Å². The van der Waals surface area contributed by atoms with Gasteiger partial charge in [-0.2, -0.15) is 5.26 Å². The Labute approximate surface area is 107 Å². The molecule has 0 bridgehead atoms. The number of esters is 1. The van der Waals surface area contributed by atoms with Crippen LogP contribution in [0.4, 0.5) is 0 Å². The molecule has 1 aliphatic rings. The Morgan fingerprint density at radius 2 is 2.18 bits per heavy atom. The van der Waals surface area contributed by atoms with Gasteiger partial charge in [0.05, 0.1) is 5.03 Å². The monoisotopic (exact) mass is 254 g/mol. The van der Waals surface area contributed by atoms with Crippen molar-refractivity contribution in [2.75, 3.05) is 19.3 Å². The van der Waals surface area contributed by atoms with Crippen LogP contribution in [0, 0.1) is 11.3 Å². The van der Waals surface area contributed by atoms with E-state index in [2.05, 4.69) is 0 Å². The number of nitrogens with zero attached hydrogens (tertiary/aromatic N) is 2. The summed E-state index contributed by atoms with van der Waals surface area (Å²) in [6.45, 7) is 6.25. The fraction of sp³-hybridized carbons (Fsp3) is 0.667. The van der Waals surface area contributed by atoms with Crippen molar-refractivity contribution in [3.63, 3.8) is 0 Å². The number of ether oxygens (including phenoxy) is 1. The van der Waals surface area contributed by atoms with Crippen LogP contribution in [-0.4, -0.2) is 35.8 Å². The minimum Gasteiger partial charge on any atom is -0.456 e. The van der Waals surface area contributed by atoms with Gasteiger partial charge in [-0.15, -0.1) is 11.8 Å². The molecule has 0 aromatic heterocycles. The predicted octanol–water partition coefficient (Wildman–Crippen LogP) is 2.13. The zero-order valence-corrected chi connectivity index (χ0v) is 11.6. The summed E-state index contributed by atoms with van der Waals surface area (Å²) in [5.41, 5.74) is -0.454. The highest BCUT2D eigenvalue weighted by molar-refractivity contribution is 8.03. The molecule has 1 fully saturated rings. The Kier molecular flexibility index (Phi) is 4.47. The first kappa shape index (κ1) is 13.9. The van der Waals surface area contributed by atoms with Crippen LogP contribution in [0.15, 0.2) is 10.6 Å². The first-order chi connectivity index (χ1) is 7.85. The van der Waals surface area contributed by atoms with Gasteiger partial charge in [0, 0.05) is 19.3 Å². The summed E-state index contributed by atoms with van der Waals surface area (Å²) < 4.78 is 5.23. The molecule has 0 aromatic carbocycles. The van der Waals surface area contributed by atoms with E-state index in [9.17, 15) is 4.79 Å². The predicted molar refractivity (Wildman–Crippen MR) is 68.2 cm³/mol. The van der Waals surface area contributed by atoms with E-state index in [0.29, 0.717) is 0 Å². The molecule has 4 nitrogen and oxygen atoms in total.